The molecule has 1 nitrogen and oxygen atoms in total. The molecule has 59 heavy (non-hydrogen) atoms. The van der Waals surface area contributed by atoms with Crippen molar-refractivity contribution in [1.82, 2.24) is 0 Å². The lowest BCUT2D eigenvalue weighted by molar-refractivity contribution is 0.769. The molecule has 0 radical (unpaired) electrons. The number of hydrogen-bond donors (Lipinski definition) is 0. The highest BCUT2D eigenvalue weighted by molar-refractivity contribution is 6.12. The summed E-state index contributed by atoms with van der Waals surface area (Å²) in [5.41, 5.74) is 16.5. The zero-order valence-electron chi connectivity index (χ0n) is 32.9. The molecule has 1 unspecified atom stereocenters. The molecule has 1 spiro atoms. The summed E-state index contributed by atoms with van der Waals surface area (Å²) < 4.78 is 0. The number of nitrogens with zero attached hydrogens (tertiary/aromatic N) is 1. The van der Waals surface area contributed by atoms with Crippen molar-refractivity contribution >= 4 is 49.4 Å². The minimum absolute atomic E-state index is 0.0704. The molecule has 1 fully saturated rings. The molecule has 0 bridgehead atoms. The van der Waals surface area contributed by atoms with Gasteiger partial charge in [-0.05, 0) is 125 Å². The molecule has 278 valence electrons. The van der Waals surface area contributed by atoms with Gasteiger partial charge in [0.25, 0.3) is 0 Å². The molecule has 12 rings (SSSR count). The Balaban J connectivity index is 1.10. The third kappa shape index (κ3) is 5.18. The average Bonchev–Trinajstić information content (AvgIpc) is 3.91. The molecule has 1 saturated carbocycles. The Morgan fingerprint density at radius 3 is 1.86 bits per heavy atom. The Labute approximate surface area is 345 Å². The fourth-order valence-corrected chi connectivity index (χ4v) is 10.6. The summed E-state index contributed by atoms with van der Waals surface area (Å²) in [6, 6.07) is 78.9. The maximum Gasteiger partial charge on any atom is 0.0540 e. The first-order valence-corrected chi connectivity index (χ1v) is 20.9. The van der Waals surface area contributed by atoms with Crippen LogP contribution in [0, 0.1) is 5.92 Å². The zero-order chi connectivity index (χ0) is 39.1. The van der Waals surface area contributed by atoms with Gasteiger partial charge < -0.3 is 4.90 Å². The molecular formula is C58H41N. The molecule has 2 atom stereocenters. The van der Waals surface area contributed by atoms with Gasteiger partial charge in [0.15, 0.2) is 0 Å². The molecule has 0 N–H and O–H groups in total. The molecule has 1 heteroatoms. The van der Waals surface area contributed by atoms with Crippen molar-refractivity contribution in [2.24, 2.45) is 5.92 Å². The summed E-state index contributed by atoms with van der Waals surface area (Å²) in [6.07, 6.45) is 1.18. The topological polar surface area (TPSA) is 3.24 Å². The molecule has 0 aromatic heterocycles. The Morgan fingerprint density at radius 1 is 0.390 bits per heavy atom. The molecule has 0 aliphatic heterocycles. The second kappa shape index (κ2) is 13.2. The van der Waals surface area contributed by atoms with Crippen LogP contribution in [0.4, 0.5) is 17.1 Å². The van der Waals surface area contributed by atoms with Gasteiger partial charge in [-0.2, -0.15) is 0 Å². The van der Waals surface area contributed by atoms with Crippen LogP contribution in [0.1, 0.15) is 24.5 Å². The molecule has 2 aliphatic carbocycles. The van der Waals surface area contributed by atoms with Crippen LogP contribution in [-0.4, -0.2) is 0 Å². The molecule has 0 saturated heterocycles. The second-order valence-corrected chi connectivity index (χ2v) is 16.5. The summed E-state index contributed by atoms with van der Waals surface area (Å²) in [6.45, 7) is 2.42. The van der Waals surface area contributed by atoms with Crippen molar-refractivity contribution in [2.45, 2.75) is 18.8 Å². The molecule has 0 amide bonds. The lowest BCUT2D eigenvalue weighted by Crippen LogP contribution is -2.13. The van der Waals surface area contributed by atoms with Crippen molar-refractivity contribution in [3.8, 4) is 44.5 Å². The van der Waals surface area contributed by atoms with E-state index < -0.39 is 0 Å². The number of fused-ring (bicyclic) bond motifs is 9. The molecular weight excluding hydrogens is 711 g/mol. The van der Waals surface area contributed by atoms with E-state index in [2.05, 4.69) is 224 Å². The van der Waals surface area contributed by atoms with Crippen LogP contribution in [0.5, 0.6) is 0 Å². The van der Waals surface area contributed by atoms with Gasteiger partial charge in [0.05, 0.1) is 5.69 Å². The van der Waals surface area contributed by atoms with E-state index in [-0.39, 0.29) is 5.41 Å². The number of anilines is 3. The van der Waals surface area contributed by atoms with Gasteiger partial charge in [-0.1, -0.05) is 189 Å². The normalized spacial score (nSPS) is 16.4. The van der Waals surface area contributed by atoms with Gasteiger partial charge in [0, 0.05) is 22.4 Å². The summed E-state index contributed by atoms with van der Waals surface area (Å²) in [5, 5.41) is 7.58. The lowest BCUT2D eigenvalue weighted by Gasteiger charge is -2.30. The number of hydrogen-bond acceptors (Lipinski definition) is 1. The van der Waals surface area contributed by atoms with E-state index in [0.29, 0.717) is 5.92 Å². The van der Waals surface area contributed by atoms with Crippen molar-refractivity contribution < 1.29 is 0 Å². The van der Waals surface area contributed by atoms with Gasteiger partial charge in [-0.15, -0.1) is 0 Å². The quantitative estimate of drug-likeness (QED) is 0.153. The largest absolute Gasteiger partial charge is 0.310 e. The van der Waals surface area contributed by atoms with Crippen LogP contribution in [0.15, 0.2) is 212 Å². The van der Waals surface area contributed by atoms with Gasteiger partial charge >= 0.3 is 0 Å². The monoisotopic (exact) mass is 751 g/mol. The fourth-order valence-electron chi connectivity index (χ4n) is 10.6. The maximum absolute atomic E-state index is 2.52. The van der Waals surface area contributed by atoms with Gasteiger partial charge in [0.1, 0.15) is 0 Å². The highest BCUT2D eigenvalue weighted by Gasteiger charge is 2.58. The molecule has 2 aliphatic rings. The predicted octanol–water partition coefficient (Wildman–Crippen LogP) is 15.9. The minimum Gasteiger partial charge on any atom is -0.310 e. The minimum atomic E-state index is 0.0704. The van der Waals surface area contributed by atoms with Crippen LogP contribution >= 0.6 is 0 Å². The molecule has 10 aromatic rings. The lowest BCUT2D eigenvalue weighted by atomic mass is 9.89. The van der Waals surface area contributed by atoms with Gasteiger partial charge in [-0.25, -0.2) is 0 Å². The van der Waals surface area contributed by atoms with E-state index >= 15 is 0 Å². The summed E-state index contributed by atoms with van der Waals surface area (Å²) in [5.74, 6) is 0.596. The smallest absolute Gasteiger partial charge is 0.0540 e. The van der Waals surface area contributed by atoms with E-state index in [0.717, 1.165) is 11.4 Å². The fraction of sp³-hybridized carbons (Fsp3) is 0.0690. The second-order valence-electron chi connectivity index (χ2n) is 16.5. The SMILES string of the molecule is C[C@@H]1CC12c1ccccc1-c1ccc(N(c3cccc(-c4cccc5c4ccc4ccccc45)c3)c3ccccc3-c3cccc4cccc(-c5ccccc5)c34)cc12. The molecule has 10 aromatic carbocycles. The van der Waals surface area contributed by atoms with E-state index in [1.54, 1.807) is 0 Å². The first-order valence-electron chi connectivity index (χ1n) is 20.9. The van der Waals surface area contributed by atoms with Crippen LogP contribution in [0.3, 0.4) is 0 Å². The Hall–Kier alpha value is -7.22. The van der Waals surface area contributed by atoms with E-state index in [1.165, 1.54) is 100 Å². The van der Waals surface area contributed by atoms with Gasteiger partial charge in [0.2, 0.25) is 0 Å². The zero-order valence-corrected chi connectivity index (χ0v) is 32.9. The Bertz CT molecular complexity index is 3280. The van der Waals surface area contributed by atoms with E-state index in [9.17, 15) is 0 Å². The van der Waals surface area contributed by atoms with Crippen LogP contribution in [0.2, 0.25) is 0 Å². The van der Waals surface area contributed by atoms with Crippen LogP contribution < -0.4 is 4.90 Å². The summed E-state index contributed by atoms with van der Waals surface area (Å²) in [7, 11) is 0. The van der Waals surface area contributed by atoms with Crippen molar-refractivity contribution in [2.75, 3.05) is 4.90 Å². The van der Waals surface area contributed by atoms with E-state index in [1.807, 2.05) is 0 Å². The van der Waals surface area contributed by atoms with Crippen LogP contribution in [0.25, 0.3) is 76.8 Å². The van der Waals surface area contributed by atoms with E-state index in [4.69, 9.17) is 0 Å². The molecule has 0 heterocycles. The standard InChI is InChI=1S/C58H41N/c1-38-37-58(38)54-29-9-7-23-50(54)51-34-32-44(36-55(51)58)59(43-21-11-20-42(35-43)46-25-14-27-48-45-22-6-5-17-40(45)31-33-49(46)48)56-30-10-8-24-52(56)53-28-13-19-41-18-12-26-47(57(41)53)39-15-3-2-4-16-39/h2-36,38H,37H2,1H3/t38-,58?/m1/s1. The predicted molar refractivity (Wildman–Crippen MR) is 250 cm³/mol. The summed E-state index contributed by atoms with van der Waals surface area (Å²) in [4.78, 5) is 2.52. The Kier molecular flexibility index (Phi) is 7.56. The third-order valence-corrected chi connectivity index (χ3v) is 13.4. The number of para-hydroxylation sites is 1. The van der Waals surface area contributed by atoms with Crippen molar-refractivity contribution in [3.63, 3.8) is 0 Å². The highest BCUT2D eigenvalue weighted by atomic mass is 15.1. The first kappa shape index (κ1) is 33.9. The average molecular weight is 752 g/mol. The number of rotatable bonds is 6. The first-order chi connectivity index (χ1) is 29.2. The maximum atomic E-state index is 2.52. The third-order valence-electron chi connectivity index (χ3n) is 13.4. The number of benzene rings is 10. The van der Waals surface area contributed by atoms with Crippen molar-refractivity contribution in [3.05, 3.63) is 223 Å². The summed E-state index contributed by atoms with van der Waals surface area (Å²) >= 11 is 0. The van der Waals surface area contributed by atoms with Crippen LogP contribution in [-0.2, 0) is 5.41 Å². The van der Waals surface area contributed by atoms with Crippen molar-refractivity contribution in [1.29, 1.82) is 0 Å². The Morgan fingerprint density at radius 2 is 1.00 bits per heavy atom. The van der Waals surface area contributed by atoms with Gasteiger partial charge in [-0.3, -0.25) is 0 Å². The highest BCUT2D eigenvalue weighted by Crippen LogP contribution is 2.66.